The molecule has 2 heterocycles. The zero-order valence-electron chi connectivity index (χ0n) is 12.5. The highest BCUT2D eigenvalue weighted by atomic mass is 35.5. The molecule has 23 heavy (non-hydrogen) atoms. The van der Waals surface area contributed by atoms with E-state index in [0.717, 1.165) is 0 Å². The Kier molecular flexibility index (Phi) is 4.54. The van der Waals surface area contributed by atoms with Crippen molar-refractivity contribution >= 4 is 34.8 Å². The van der Waals surface area contributed by atoms with Crippen LogP contribution in [0.1, 0.15) is 6.42 Å². The van der Waals surface area contributed by atoms with Crippen molar-refractivity contribution in [2.75, 3.05) is 43.2 Å². The van der Waals surface area contributed by atoms with Crippen molar-refractivity contribution in [1.82, 2.24) is 0 Å². The largest absolute Gasteiger partial charge is 0.379 e. The highest BCUT2D eigenvalue weighted by molar-refractivity contribution is 6.34. The number of anilines is 2. The SMILES string of the molecule is NC1(C(=O)Nc2ccc(N3CCOCC3=O)c(Cl)c2)CCOC1. The number of ether oxygens (including phenoxy) is 2. The van der Waals surface area contributed by atoms with E-state index < -0.39 is 5.54 Å². The first-order valence-electron chi connectivity index (χ1n) is 7.35. The number of carbonyl (C=O) groups excluding carboxylic acids is 2. The zero-order chi connectivity index (χ0) is 16.4. The molecule has 0 aromatic heterocycles. The summed E-state index contributed by atoms with van der Waals surface area (Å²) in [6, 6.07) is 5.01. The number of nitrogens with two attached hydrogens (primary N) is 1. The third-order valence-electron chi connectivity index (χ3n) is 3.99. The maximum absolute atomic E-state index is 12.2. The lowest BCUT2D eigenvalue weighted by Crippen LogP contribution is -2.51. The number of hydrogen-bond acceptors (Lipinski definition) is 5. The van der Waals surface area contributed by atoms with Crippen LogP contribution < -0.4 is 16.0 Å². The maximum atomic E-state index is 12.2. The second-order valence-electron chi connectivity index (χ2n) is 5.68. The fraction of sp³-hybridized carbons (Fsp3) is 0.467. The molecule has 0 saturated carbocycles. The number of halogens is 1. The normalized spacial score (nSPS) is 24.8. The Morgan fingerprint density at radius 2 is 2.17 bits per heavy atom. The molecule has 0 aliphatic carbocycles. The summed E-state index contributed by atoms with van der Waals surface area (Å²) >= 11 is 6.26. The van der Waals surface area contributed by atoms with E-state index in [4.69, 9.17) is 26.8 Å². The zero-order valence-corrected chi connectivity index (χ0v) is 13.3. The Balaban J connectivity index is 1.74. The molecule has 0 spiro atoms. The number of benzene rings is 1. The average Bonchev–Trinajstić information content (AvgIpc) is 2.97. The van der Waals surface area contributed by atoms with Gasteiger partial charge in [-0.05, 0) is 24.6 Å². The number of nitrogens with one attached hydrogen (secondary N) is 1. The fourth-order valence-corrected chi connectivity index (χ4v) is 2.87. The first-order chi connectivity index (χ1) is 11.0. The number of hydrogen-bond donors (Lipinski definition) is 2. The number of morpholine rings is 1. The van der Waals surface area contributed by atoms with E-state index in [1.807, 2.05) is 0 Å². The Morgan fingerprint density at radius 1 is 1.35 bits per heavy atom. The minimum absolute atomic E-state index is 0.0461. The summed E-state index contributed by atoms with van der Waals surface area (Å²) < 4.78 is 10.3. The van der Waals surface area contributed by atoms with Crippen LogP contribution in [0.25, 0.3) is 0 Å². The third-order valence-corrected chi connectivity index (χ3v) is 4.29. The molecule has 7 nitrogen and oxygen atoms in total. The van der Waals surface area contributed by atoms with Crippen molar-refractivity contribution in [3.8, 4) is 0 Å². The standard InChI is InChI=1S/C15H18ClN3O4/c16-11-7-10(18-14(21)15(17)3-5-23-9-15)1-2-12(11)19-4-6-22-8-13(19)20/h1-2,7H,3-6,8-9,17H2,(H,18,21). The average molecular weight is 340 g/mol. The molecule has 1 aromatic rings. The van der Waals surface area contributed by atoms with Crippen LogP contribution in [0.4, 0.5) is 11.4 Å². The number of rotatable bonds is 3. The molecule has 2 saturated heterocycles. The van der Waals surface area contributed by atoms with Gasteiger partial charge in [-0.15, -0.1) is 0 Å². The lowest BCUT2D eigenvalue weighted by atomic mass is 9.99. The van der Waals surface area contributed by atoms with Gasteiger partial charge in [0.1, 0.15) is 12.1 Å². The molecule has 3 N–H and O–H groups in total. The van der Waals surface area contributed by atoms with Gasteiger partial charge in [-0.3, -0.25) is 9.59 Å². The smallest absolute Gasteiger partial charge is 0.253 e. The van der Waals surface area contributed by atoms with Crippen molar-refractivity contribution in [2.24, 2.45) is 5.73 Å². The van der Waals surface area contributed by atoms with Gasteiger partial charge in [-0.25, -0.2) is 0 Å². The van der Waals surface area contributed by atoms with Gasteiger partial charge < -0.3 is 25.4 Å². The molecule has 0 bridgehead atoms. The van der Waals surface area contributed by atoms with Gasteiger partial charge in [0.2, 0.25) is 5.91 Å². The van der Waals surface area contributed by atoms with E-state index in [2.05, 4.69) is 5.32 Å². The Hall–Kier alpha value is -1.67. The third kappa shape index (κ3) is 3.32. The van der Waals surface area contributed by atoms with Crippen LogP contribution in [0.2, 0.25) is 5.02 Å². The molecule has 1 aromatic carbocycles. The van der Waals surface area contributed by atoms with Gasteiger partial charge in [0.05, 0.1) is 23.9 Å². The Bertz CT molecular complexity index is 631. The van der Waals surface area contributed by atoms with E-state index >= 15 is 0 Å². The van der Waals surface area contributed by atoms with Gasteiger partial charge >= 0.3 is 0 Å². The highest BCUT2D eigenvalue weighted by Gasteiger charge is 2.38. The topological polar surface area (TPSA) is 93.9 Å². The summed E-state index contributed by atoms with van der Waals surface area (Å²) in [5.41, 5.74) is 6.14. The number of carbonyl (C=O) groups is 2. The minimum Gasteiger partial charge on any atom is -0.379 e. The molecule has 3 rings (SSSR count). The first kappa shape index (κ1) is 16.2. The second-order valence-corrected chi connectivity index (χ2v) is 6.08. The van der Waals surface area contributed by atoms with Gasteiger partial charge in [0, 0.05) is 18.8 Å². The summed E-state index contributed by atoms with van der Waals surface area (Å²) in [4.78, 5) is 25.7. The van der Waals surface area contributed by atoms with Crippen molar-refractivity contribution in [3.63, 3.8) is 0 Å². The van der Waals surface area contributed by atoms with E-state index in [1.54, 1.807) is 23.1 Å². The monoisotopic (exact) mass is 339 g/mol. The molecule has 0 radical (unpaired) electrons. The lowest BCUT2D eigenvalue weighted by molar-refractivity contribution is -0.125. The van der Waals surface area contributed by atoms with Crippen LogP contribution in [-0.2, 0) is 19.1 Å². The van der Waals surface area contributed by atoms with Crippen LogP contribution in [0.3, 0.4) is 0 Å². The van der Waals surface area contributed by atoms with Gasteiger partial charge in [0.15, 0.2) is 0 Å². The van der Waals surface area contributed by atoms with Crippen LogP contribution >= 0.6 is 11.6 Å². The molecule has 124 valence electrons. The van der Waals surface area contributed by atoms with Crippen molar-refractivity contribution in [3.05, 3.63) is 23.2 Å². The minimum atomic E-state index is -1.01. The summed E-state index contributed by atoms with van der Waals surface area (Å²) in [5, 5.41) is 3.13. The number of nitrogens with zero attached hydrogens (tertiary/aromatic N) is 1. The predicted octanol–water partition coefficient (Wildman–Crippen LogP) is 0.759. The highest BCUT2D eigenvalue weighted by Crippen LogP contribution is 2.30. The first-order valence-corrected chi connectivity index (χ1v) is 7.73. The van der Waals surface area contributed by atoms with Gasteiger partial charge in [-0.1, -0.05) is 11.6 Å². The van der Waals surface area contributed by atoms with Crippen molar-refractivity contribution < 1.29 is 19.1 Å². The fourth-order valence-electron chi connectivity index (χ4n) is 2.59. The molecule has 2 fully saturated rings. The van der Waals surface area contributed by atoms with Gasteiger partial charge in [0.25, 0.3) is 5.91 Å². The van der Waals surface area contributed by atoms with Crippen LogP contribution in [0, 0.1) is 0 Å². The van der Waals surface area contributed by atoms with Crippen LogP contribution in [-0.4, -0.2) is 50.3 Å². The summed E-state index contributed by atoms with van der Waals surface area (Å²) in [6.07, 6.45) is 0.479. The molecule has 2 aliphatic rings. The van der Waals surface area contributed by atoms with E-state index in [1.165, 1.54) is 0 Å². The van der Waals surface area contributed by atoms with E-state index in [0.29, 0.717) is 42.6 Å². The maximum Gasteiger partial charge on any atom is 0.253 e. The van der Waals surface area contributed by atoms with Crippen molar-refractivity contribution in [1.29, 1.82) is 0 Å². The summed E-state index contributed by atoms with van der Waals surface area (Å²) in [5.74, 6) is -0.444. The van der Waals surface area contributed by atoms with E-state index in [-0.39, 0.29) is 25.0 Å². The van der Waals surface area contributed by atoms with Crippen LogP contribution in [0.5, 0.6) is 0 Å². The lowest BCUT2D eigenvalue weighted by Gasteiger charge is -2.28. The molecule has 8 heteroatoms. The summed E-state index contributed by atoms with van der Waals surface area (Å²) in [7, 11) is 0. The predicted molar refractivity (Wildman–Crippen MR) is 85.6 cm³/mol. The molecule has 1 atom stereocenters. The molecular weight excluding hydrogens is 322 g/mol. The summed E-state index contributed by atoms with van der Waals surface area (Å²) in [6.45, 7) is 1.64. The quantitative estimate of drug-likeness (QED) is 0.848. The van der Waals surface area contributed by atoms with E-state index in [9.17, 15) is 9.59 Å². The van der Waals surface area contributed by atoms with Gasteiger partial charge in [-0.2, -0.15) is 0 Å². The Labute approximate surface area is 138 Å². The number of amides is 2. The molecule has 2 amide bonds. The Morgan fingerprint density at radius 3 is 2.83 bits per heavy atom. The molecular formula is C15H18ClN3O4. The molecule has 2 aliphatic heterocycles. The van der Waals surface area contributed by atoms with Crippen molar-refractivity contribution in [2.45, 2.75) is 12.0 Å². The second kappa shape index (κ2) is 6.45. The molecule has 1 unspecified atom stereocenters. The van der Waals surface area contributed by atoms with Crippen LogP contribution in [0.15, 0.2) is 18.2 Å².